The zero-order chi connectivity index (χ0) is 17.5. The maximum atomic E-state index is 12.0. The van der Waals surface area contributed by atoms with Gasteiger partial charge in [0, 0.05) is 29.5 Å². The van der Waals surface area contributed by atoms with E-state index in [0.717, 1.165) is 11.1 Å². The van der Waals surface area contributed by atoms with E-state index in [-0.39, 0.29) is 11.9 Å². The van der Waals surface area contributed by atoms with Crippen LogP contribution in [0.25, 0.3) is 6.08 Å². The average Bonchev–Trinajstić information content (AvgIpc) is 2.56. The molecule has 0 saturated heterocycles. The SMILES string of the molecule is CNC(=O)Nc1cccc(NC(=O)/C=C/c2ccc(C)c(Cl)c2)c1. The van der Waals surface area contributed by atoms with Gasteiger partial charge in [0.05, 0.1) is 0 Å². The van der Waals surface area contributed by atoms with Gasteiger partial charge in [-0.25, -0.2) is 4.79 Å². The molecular weight excluding hydrogens is 326 g/mol. The van der Waals surface area contributed by atoms with Crippen molar-refractivity contribution in [3.8, 4) is 0 Å². The van der Waals surface area contributed by atoms with Crippen LogP contribution in [-0.2, 0) is 4.79 Å². The van der Waals surface area contributed by atoms with Crippen LogP contribution in [0.5, 0.6) is 0 Å². The molecule has 5 nitrogen and oxygen atoms in total. The van der Waals surface area contributed by atoms with Crippen molar-refractivity contribution in [2.75, 3.05) is 17.7 Å². The topological polar surface area (TPSA) is 70.2 Å². The Labute approximate surface area is 145 Å². The first kappa shape index (κ1) is 17.6. The molecule has 24 heavy (non-hydrogen) atoms. The van der Waals surface area contributed by atoms with Crippen molar-refractivity contribution in [3.63, 3.8) is 0 Å². The summed E-state index contributed by atoms with van der Waals surface area (Å²) in [4.78, 5) is 23.3. The predicted molar refractivity (Wildman–Crippen MR) is 98.4 cm³/mol. The van der Waals surface area contributed by atoms with Crippen LogP contribution in [-0.4, -0.2) is 19.0 Å². The Balaban J connectivity index is 2.01. The summed E-state index contributed by atoms with van der Waals surface area (Å²) in [6.07, 6.45) is 3.12. The van der Waals surface area contributed by atoms with Crippen LogP contribution in [0.3, 0.4) is 0 Å². The molecule has 0 fully saturated rings. The minimum atomic E-state index is -0.324. The summed E-state index contributed by atoms with van der Waals surface area (Å²) in [5.41, 5.74) is 3.00. The minimum absolute atomic E-state index is 0.274. The van der Waals surface area contributed by atoms with Crippen molar-refractivity contribution in [1.29, 1.82) is 0 Å². The Bertz CT molecular complexity index is 788. The molecule has 0 aromatic heterocycles. The Kier molecular flexibility index (Phi) is 5.98. The summed E-state index contributed by atoms with van der Waals surface area (Å²) in [5, 5.41) is 8.50. The van der Waals surface area contributed by atoms with E-state index >= 15 is 0 Å². The largest absolute Gasteiger partial charge is 0.341 e. The number of hydrogen-bond acceptors (Lipinski definition) is 2. The summed E-state index contributed by atoms with van der Waals surface area (Å²) in [6.45, 7) is 1.92. The van der Waals surface area contributed by atoms with E-state index in [0.29, 0.717) is 16.4 Å². The molecule has 0 bridgehead atoms. The first-order valence-corrected chi connectivity index (χ1v) is 7.70. The van der Waals surface area contributed by atoms with E-state index in [1.54, 1.807) is 36.4 Å². The molecule has 0 aliphatic carbocycles. The molecule has 0 spiro atoms. The van der Waals surface area contributed by atoms with Gasteiger partial charge in [-0.15, -0.1) is 0 Å². The molecule has 6 heteroatoms. The standard InChI is InChI=1S/C18H18ClN3O2/c1-12-6-7-13(10-16(12)19)8-9-17(23)21-14-4-3-5-15(11-14)22-18(24)20-2/h3-11H,1-2H3,(H,21,23)(H2,20,22,24)/b9-8+. The summed E-state index contributed by atoms with van der Waals surface area (Å²) >= 11 is 6.06. The molecule has 3 amide bonds. The van der Waals surface area contributed by atoms with E-state index in [1.165, 1.54) is 13.1 Å². The zero-order valence-electron chi connectivity index (χ0n) is 13.4. The summed E-state index contributed by atoms with van der Waals surface area (Å²) in [5.74, 6) is -0.274. The van der Waals surface area contributed by atoms with Crippen LogP contribution in [0, 0.1) is 6.92 Å². The van der Waals surface area contributed by atoms with Crippen LogP contribution in [0.4, 0.5) is 16.2 Å². The maximum absolute atomic E-state index is 12.0. The smallest absolute Gasteiger partial charge is 0.318 e. The minimum Gasteiger partial charge on any atom is -0.341 e. The van der Waals surface area contributed by atoms with Gasteiger partial charge in [0.2, 0.25) is 5.91 Å². The molecule has 0 aliphatic heterocycles. The van der Waals surface area contributed by atoms with Crippen molar-refractivity contribution in [1.82, 2.24) is 5.32 Å². The summed E-state index contributed by atoms with van der Waals surface area (Å²) in [6, 6.07) is 12.1. The molecule has 0 saturated carbocycles. The normalized spacial score (nSPS) is 10.5. The third kappa shape index (κ3) is 5.14. The van der Waals surface area contributed by atoms with E-state index in [2.05, 4.69) is 16.0 Å². The van der Waals surface area contributed by atoms with Gasteiger partial charge in [0.1, 0.15) is 0 Å². The van der Waals surface area contributed by atoms with Gasteiger partial charge < -0.3 is 16.0 Å². The number of benzene rings is 2. The highest BCUT2D eigenvalue weighted by molar-refractivity contribution is 6.31. The Morgan fingerprint density at radius 1 is 1.04 bits per heavy atom. The van der Waals surface area contributed by atoms with Crippen molar-refractivity contribution in [2.24, 2.45) is 0 Å². The number of urea groups is 1. The second-order valence-electron chi connectivity index (χ2n) is 5.12. The number of rotatable bonds is 4. The molecule has 2 aromatic carbocycles. The highest BCUT2D eigenvalue weighted by Crippen LogP contribution is 2.18. The van der Waals surface area contributed by atoms with E-state index < -0.39 is 0 Å². The monoisotopic (exact) mass is 343 g/mol. The fourth-order valence-corrected chi connectivity index (χ4v) is 2.13. The van der Waals surface area contributed by atoms with Crippen LogP contribution in [0.15, 0.2) is 48.5 Å². The molecule has 2 aromatic rings. The van der Waals surface area contributed by atoms with Gasteiger partial charge >= 0.3 is 6.03 Å². The fourth-order valence-electron chi connectivity index (χ4n) is 1.94. The molecule has 2 rings (SSSR count). The van der Waals surface area contributed by atoms with Crippen molar-refractivity contribution in [3.05, 3.63) is 64.7 Å². The Morgan fingerprint density at radius 3 is 2.42 bits per heavy atom. The fraction of sp³-hybridized carbons (Fsp3) is 0.111. The van der Waals surface area contributed by atoms with Gasteiger partial charge in [0.25, 0.3) is 0 Å². The van der Waals surface area contributed by atoms with Crippen molar-refractivity contribution < 1.29 is 9.59 Å². The number of hydrogen-bond donors (Lipinski definition) is 3. The predicted octanol–water partition coefficient (Wildman–Crippen LogP) is 4.05. The third-order valence-corrected chi connectivity index (χ3v) is 3.65. The number of nitrogens with one attached hydrogen (secondary N) is 3. The molecule has 0 radical (unpaired) electrons. The molecule has 0 unspecified atom stereocenters. The van der Waals surface area contributed by atoms with Gasteiger partial charge in [-0.3, -0.25) is 4.79 Å². The second-order valence-corrected chi connectivity index (χ2v) is 5.52. The zero-order valence-corrected chi connectivity index (χ0v) is 14.1. The lowest BCUT2D eigenvalue weighted by molar-refractivity contribution is -0.111. The van der Waals surface area contributed by atoms with E-state index in [4.69, 9.17) is 11.6 Å². The van der Waals surface area contributed by atoms with Crippen LogP contribution in [0.2, 0.25) is 5.02 Å². The average molecular weight is 344 g/mol. The first-order chi connectivity index (χ1) is 11.5. The Hall–Kier alpha value is -2.79. The van der Waals surface area contributed by atoms with Crippen LogP contribution >= 0.6 is 11.6 Å². The van der Waals surface area contributed by atoms with E-state index in [9.17, 15) is 9.59 Å². The van der Waals surface area contributed by atoms with Gasteiger partial charge in [0.15, 0.2) is 0 Å². The lowest BCUT2D eigenvalue weighted by atomic mass is 10.1. The number of carbonyl (C=O) groups is 2. The molecule has 0 heterocycles. The number of carbonyl (C=O) groups excluding carboxylic acids is 2. The van der Waals surface area contributed by atoms with Crippen LogP contribution in [0.1, 0.15) is 11.1 Å². The number of amides is 3. The van der Waals surface area contributed by atoms with Gasteiger partial charge in [-0.2, -0.15) is 0 Å². The molecule has 124 valence electrons. The lowest BCUT2D eigenvalue weighted by Gasteiger charge is -2.07. The maximum Gasteiger partial charge on any atom is 0.318 e. The number of anilines is 2. The molecule has 0 aliphatic rings. The van der Waals surface area contributed by atoms with Crippen molar-refractivity contribution >= 4 is 41.0 Å². The highest BCUT2D eigenvalue weighted by atomic mass is 35.5. The molecular formula is C18H18ClN3O2. The lowest BCUT2D eigenvalue weighted by Crippen LogP contribution is -2.24. The quantitative estimate of drug-likeness (QED) is 0.733. The van der Waals surface area contributed by atoms with Crippen LogP contribution < -0.4 is 16.0 Å². The summed E-state index contributed by atoms with van der Waals surface area (Å²) in [7, 11) is 1.53. The number of halogens is 1. The molecule has 0 atom stereocenters. The summed E-state index contributed by atoms with van der Waals surface area (Å²) < 4.78 is 0. The highest BCUT2D eigenvalue weighted by Gasteiger charge is 2.02. The molecule has 3 N–H and O–H groups in total. The van der Waals surface area contributed by atoms with Gasteiger partial charge in [-0.05, 0) is 48.4 Å². The second kappa shape index (κ2) is 8.17. The van der Waals surface area contributed by atoms with E-state index in [1.807, 2.05) is 19.1 Å². The number of aryl methyl sites for hydroxylation is 1. The Morgan fingerprint density at radius 2 is 1.75 bits per heavy atom. The van der Waals surface area contributed by atoms with Gasteiger partial charge in [-0.1, -0.05) is 29.8 Å². The first-order valence-electron chi connectivity index (χ1n) is 7.32. The van der Waals surface area contributed by atoms with Crippen molar-refractivity contribution in [2.45, 2.75) is 6.92 Å². The third-order valence-electron chi connectivity index (χ3n) is 3.24.